The van der Waals surface area contributed by atoms with Gasteiger partial charge in [0.25, 0.3) is 0 Å². The summed E-state index contributed by atoms with van der Waals surface area (Å²) in [5, 5.41) is 13.1. The molecule has 1 aliphatic rings. The van der Waals surface area contributed by atoms with Crippen molar-refractivity contribution in [2.24, 2.45) is 5.41 Å². The Bertz CT molecular complexity index is 388. The molecular formula is C12H16ClNO3. The van der Waals surface area contributed by atoms with Gasteiger partial charge in [0.2, 0.25) is 0 Å². The Balaban J connectivity index is 1.97. The van der Waals surface area contributed by atoms with Gasteiger partial charge in [-0.25, -0.2) is 0 Å². The van der Waals surface area contributed by atoms with E-state index in [9.17, 15) is 5.11 Å². The van der Waals surface area contributed by atoms with E-state index in [2.05, 4.69) is 5.32 Å². The highest BCUT2D eigenvalue weighted by Gasteiger charge is 2.37. The van der Waals surface area contributed by atoms with Crippen LogP contribution in [0.15, 0.2) is 18.2 Å². The number of ether oxygens (including phenoxy) is 2. The van der Waals surface area contributed by atoms with Crippen LogP contribution in [0.25, 0.3) is 0 Å². The van der Waals surface area contributed by atoms with Crippen LogP contribution in [-0.4, -0.2) is 38.6 Å². The maximum Gasteiger partial charge on any atom is 0.137 e. The molecule has 1 heterocycles. The third kappa shape index (κ3) is 2.65. The Labute approximate surface area is 105 Å². The average Bonchev–Trinajstić information content (AvgIpc) is 2.28. The number of halogens is 1. The first-order valence-electron chi connectivity index (χ1n) is 5.45. The molecule has 1 aliphatic heterocycles. The van der Waals surface area contributed by atoms with E-state index < -0.39 is 0 Å². The van der Waals surface area contributed by atoms with Crippen molar-refractivity contribution in [2.45, 2.75) is 0 Å². The first-order chi connectivity index (χ1) is 8.19. The number of hydrogen-bond donors (Lipinski definition) is 2. The van der Waals surface area contributed by atoms with Crippen LogP contribution in [0, 0.1) is 5.41 Å². The fraction of sp³-hybridized carbons (Fsp3) is 0.500. The first kappa shape index (κ1) is 12.5. The van der Waals surface area contributed by atoms with Crippen molar-refractivity contribution in [3.8, 4) is 5.75 Å². The number of rotatable bonds is 5. The molecule has 0 atom stereocenters. The number of nitrogens with one attached hydrogen (secondary N) is 1. The maximum absolute atomic E-state index is 9.29. The van der Waals surface area contributed by atoms with Crippen LogP contribution in [0.3, 0.4) is 0 Å². The van der Waals surface area contributed by atoms with Crippen LogP contribution in [0.2, 0.25) is 5.02 Å². The largest absolute Gasteiger partial charge is 0.495 e. The molecule has 4 nitrogen and oxygen atoms in total. The summed E-state index contributed by atoms with van der Waals surface area (Å²) in [5.41, 5.74) is 0.766. The number of hydrogen-bond acceptors (Lipinski definition) is 4. The SMILES string of the molecule is COc1ccc(NCC2(CO)COC2)cc1Cl. The van der Waals surface area contributed by atoms with Crippen molar-refractivity contribution >= 4 is 17.3 Å². The zero-order valence-corrected chi connectivity index (χ0v) is 10.5. The number of anilines is 1. The van der Waals surface area contributed by atoms with Gasteiger partial charge in [0, 0.05) is 12.2 Å². The van der Waals surface area contributed by atoms with Gasteiger partial charge in [-0.15, -0.1) is 0 Å². The molecule has 1 aromatic rings. The molecule has 2 N–H and O–H groups in total. The predicted molar refractivity (Wildman–Crippen MR) is 66.8 cm³/mol. The minimum absolute atomic E-state index is 0.129. The van der Waals surface area contributed by atoms with Crippen molar-refractivity contribution in [1.82, 2.24) is 0 Å². The second kappa shape index (κ2) is 5.12. The number of aliphatic hydroxyl groups is 1. The summed E-state index contributed by atoms with van der Waals surface area (Å²) in [6.45, 7) is 2.00. The molecular weight excluding hydrogens is 242 g/mol. The van der Waals surface area contributed by atoms with Gasteiger partial charge in [-0.3, -0.25) is 0 Å². The Kier molecular flexibility index (Phi) is 3.76. The molecule has 94 valence electrons. The second-order valence-corrected chi connectivity index (χ2v) is 4.76. The van der Waals surface area contributed by atoms with E-state index in [0.29, 0.717) is 30.5 Å². The van der Waals surface area contributed by atoms with Gasteiger partial charge in [-0.2, -0.15) is 0 Å². The molecule has 0 amide bonds. The summed E-state index contributed by atoms with van der Waals surface area (Å²) in [7, 11) is 1.58. The molecule has 1 fully saturated rings. The highest BCUT2D eigenvalue weighted by atomic mass is 35.5. The zero-order chi connectivity index (χ0) is 12.3. The van der Waals surface area contributed by atoms with Crippen LogP contribution in [-0.2, 0) is 4.74 Å². The van der Waals surface area contributed by atoms with Gasteiger partial charge in [-0.1, -0.05) is 11.6 Å². The molecule has 0 saturated carbocycles. The van der Waals surface area contributed by atoms with Crippen LogP contribution in [0.1, 0.15) is 0 Å². The van der Waals surface area contributed by atoms with Crippen molar-refractivity contribution < 1.29 is 14.6 Å². The molecule has 5 heteroatoms. The molecule has 0 aromatic heterocycles. The predicted octanol–water partition coefficient (Wildman–Crippen LogP) is 1.77. The molecule has 0 bridgehead atoms. The maximum atomic E-state index is 9.29. The molecule has 2 rings (SSSR count). The van der Waals surface area contributed by atoms with Gasteiger partial charge >= 0.3 is 0 Å². The Hall–Kier alpha value is -0.970. The van der Waals surface area contributed by atoms with E-state index in [1.54, 1.807) is 7.11 Å². The first-order valence-corrected chi connectivity index (χ1v) is 5.83. The van der Waals surface area contributed by atoms with Gasteiger partial charge in [0.1, 0.15) is 5.75 Å². The molecule has 17 heavy (non-hydrogen) atoms. The molecule has 0 aliphatic carbocycles. The van der Waals surface area contributed by atoms with Crippen molar-refractivity contribution in [3.05, 3.63) is 23.2 Å². The summed E-state index contributed by atoms with van der Waals surface area (Å²) in [5.74, 6) is 0.654. The fourth-order valence-electron chi connectivity index (χ4n) is 1.71. The third-order valence-electron chi connectivity index (χ3n) is 2.97. The minimum atomic E-state index is -0.146. The Morgan fingerprint density at radius 2 is 2.29 bits per heavy atom. The summed E-state index contributed by atoms with van der Waals surface area (Å²) in [6, 6.07) is 5.52. The van der Waals surface area contributed by atoms with Crippen LogP contribution >= 0.6 is 11.6 Å². The van der Waals surface area contributed by atoms with Crippen molar-refractivity contribution in [2.75, 3.05) is 38.8 Å². The summed E-state index contributed by atoms with van der Waals surface area (Å²) < 4.78 is 10.2. The lowest BCUT2D eigenvalue weighted by Crippen LogP contribution is -2.50. The number of methoxy groups -OCH3 is 1. The van der Waals surface area contributed by atoms with Crippen LogP contribution in [0.5, 0.6) is 5.75 Å². The quantitative estimate of drug-likeness (QED) is 0.844. The second-order valence-electron chi connectivity index (χ2n) is 4.35. The van der Waals surface area contributed by atoms with Gasteiger partial charge in [0.15, 0.2) is 0 Å². The number of aliphatic hydroxyl groups excluding tert-OH is 1. The van der Waals surface area contributed by atoms with Crippen molar-refractivity contribution in [1.29, 1.82) is 0 Å². The van der Waals surface area contributed by atoms with Crippen LogP contribution in [0.4, 0.5) is 5.69 Å². The van der Waals surface area contributed by atoms with Gasteiger partial charge in [-0.05, 0) is 18.2 Å². The summed E-state index contributed by atoms with van der Waals surface area (Å²) >= 11 is 6.02. The smallest absolute Gasteiger partial charge is 0.137 e. The summed E-state index contributed by atoms with van der Waals surface area (Å²) in [4.78, 5) is 0. The highest BCUT2D eigenvalue weighted by Crippen LogP contribution is 2.30. The van der Waals surface area contributed by atoms with E-state index in [0.717, 1.165) is 5.69 Å². The molecule has 0 radical (unpaired) electrons. The monoisotopic (exact) mass is 257 g/mol. The standard InChI is InChI=1S/C12H16ClNO3/c1-16-11-3-2-9(4-10(11)13)14-5-12(6-15)7-17-8-12/h2-4,14-15H,5-8H2,1H3. The normalized spacial score (nSPS) is 17.4. The highest BCUT2D eigenvalue weighted by molar-refractivity contribution is 6.32. The third-order valence-corrected chi connectivity index (χ3v) is 3.27. The van der Waals surface area contributed by atoms with Gasteiger partial charge in [0.05, 0.1) is 37.4 Å². The minimum Gasteiger partial charge on any atom is -0.495 e. The lowest BCUT2D eigenvalue weighted by molar-refractivity contribution is -0.128. The Morgan fingerprint density at radius 3 is 2.76 bits per heavy atom. The number of benzene rings is 1. The van der Waals surface area contributed by atoms with Crippen LogP contribution < -0.4 is 10.1 Å². The lowest BCUT2D eigenvalue weighted by Gasteiger charge is -2.40. The van der Waals surface area contributed by atoms with E-state index >= 15 is 0 Å². The molecule has 0 spiro atoms. The average molecular weight is 258 g/mol. The van der Waals surface area contributed by atoms with E-state index in [4.69, 9.17) is 21.1 Å². The summed E-state index contributed by atoms with van der Waals surface area (Å²) in [6.07, 6.45) is 0. The van der Waals surface area contributed by atoms with E-state index in [1.165, 1.54) is 0 Å². The van der Waals surface area contributed by atoms with E-state index in [1.807, 2.05) is 18.2 Å². The van der Waals surface area contributed by atoms with Gasteiger partial charge < -0.3 is 19.9 Å². The van der Waals surface area contributed by atoms with E-state index in [-0.39, 0.29) is 12.0 Å². The van der Waals surface area contributed by atoms with Crippen molar-refractivity contribution in [3.63, 3.8) is 0 Å². The topological polar surface area (TPSA) is 50.7 Å². The Morgan fingerprint density at radius 1 is 1.53 bits per heavy atom. The molecule has 1 aromatic carbocycles. The fourth-order valence-corrected chi connectivity index (χ4v) is 1.96. The zero-order valence-electron chi connectivity index (χ0n) is 9.70. The lowest BCUT2D eigenvalue weighted by atomic mass is 9.87. The molecule has 0 unspecified atom stereocenters. The molecule has 1 saturated heterocycles.